The number of carbonyl (C=O) groups excluding carboxylic acids is 2. The quantitative estimate of drug-likeness (QED) is 0.603. The van der Waals surface area contributed by atoms with E-state index in [1.165, 1.54) is 0 Å². The van der Waals surface area contributed by atoms with Crippen LogP contribution in [0.3, 0.4) is 0 Å². The Kier molecular flexibility index (Phi) is 5.86. The van der Waals surface area contributed by atoms with Gasteiger partial charge in [0.1, 0.15) is 11.4 Å². The lowest BCUT2D eigenvalue weighted by Gasteiger charge is -2.38. The average molecular weight is 445 g/mol. The van der Waals surface area contributed by atoms with E-state index in [1.54, 1.807) is 11.8 Å². The molecule has 2 aromatic carbocycles. The summed E-state index contributed by atoms with van der Waals surface area (Å²) in [6.07, 6.45) is 4.96. The van der Waals surface area contributed by atoms with Gasteiger partial charge in [0.15, 0.2) is 0 Å². The van der Waals surface area contributed by atoms with Gasteiger partial charge in [0.25, 0.3) is 5.91 Å². The number of benzene rings is 2. The highest BCUT2D eigenvalue weighted by Crippen LogP contribution is 2.30. The summed E-state index contributed by atoms with van der Waals surface area (Å²) in [7, 11) is 1.63. The number of carbonyl (C=O) groups is 2. The smallest absolute Gasteiger partial charge is 0.257 e. The molecule has 7 nitrogen and oxygen atoms in total. The van der Waals surface area contributed by atoms with E-state index in [2.05, 4.69) is 0 Å². The van der Waals surface area contributed by atoms with Crippen molar-refractivity contribution in [3.05, 3.63) is 66.4 Å². The minimum absolute atomic E-state index is 0.0567. The maximum atomic E-state index is 13.6. The van der Waals surface area contributed by atoms with E-state index in [0.717, 1.165) is 36.3 Å². The van der Waals surface area contributed by atoms with Crippen molar-refractivity contribution >= 4 is 11.8 Å². The highest BCUT2D eigenvalue weighted by atomic mass is 16.5. The van der Waals surface area contributed by atoms with Gasteiger partial charge in [0.05, 0.1) is 18.4 Å². The van der Waals surface area contributed by atoms with Crippen molar-refractivity contribution in [1.82, 2.24) is 19.6 Å². The van der Waals surface area contributed by atoms with E-state index in [-0.39, 0.29) is 17.7 Å². The lowest BCUT2D eigenvalue weighted by molar-refractivity contribution is -0.139. The molecule has 0 radical (unpaired) electrons. The van der Waals surface area contributed by atoms with Crippen LogP contribution in [-0.4, -0.2) is 64.7 Å². The fourth-order valence-corrected chi connectivity index (χ4v) is 4.42. The van der Waals surface area contributed by atoms with Gasteiger partial charge in [-0.2, -0.15) is 5.10 Å². The van der Waals surface area contributed by atoms with Gasteiger partial charge in [0.2, 0.25) is 5.91 Å². The van der Waals surface area contributed by atoms with Gasteiger partial charge < -0.3 is 14.5 Å². The molecule has 1 aliphatic carbocycles. The topological polar surface area (TPSA) is 67.7 Å². The van der Waals surface area contributed by atoms with Crippen LogP contribution in [0.25, 0.3) is 16.9 Å². The first-order valence-electron chi connectivity index (χ1n) is 11.5. The molecule has 2 aliphatic rings. The van der Waals surface area contributed by atoms with Gasteiger partial charge in [-0.25, -0.2) is 4.68 Å². The van der Waals surface area contributed by atoms with Crippen molar-refractivity contribution in [3.8, 4) is 22.7 Å². The number of amides is 2. The largest absolute Gasteiger partial charge is 0.497 e. The summed E-state index contributed by atoms with van der Waals surface area (Å²) in [6, 6.07) is 17.4. The Morgan fingerprint density at radius 1 is 0.909 bits per heavy atom. The third kappa shape index (κ3) is 4.23. The molecule has 2 heterocycles. The Balaban J connectivity index is 1.40. The molecule has 1 saturated heterocycles. The van der Waals surface area contributed by atoms with Gasteiger partial charge in [-0.1, -0.05) is 24.6 Å². The predicted octanol–water partition coefficient (Wildman–Crippen LogP) is 3.63. The maximum Gasteiger partial charge on any atom is 0.257 e. The summed E-state index contributed by atoms with van der Waals surface area (Å²) >= 11 is 0. The molecule has 1 aromatic heterocycles. The SMILES string of the molecule is COc1ccc(-c2nn(-c3ccccc3)cc2C(=O)N2CCN(C(=O)C3CCC3)CC2)cc1. The number of hydrogen-bond acceptors (Lipinski definition) is 4. The molecule has 170 valence electrons. The lowest BCUT2D eigenvalue weighted by atomic mass is 9.84. The van der Waals surface area contributed by atoms with E-state index in [4.69, 9.17) is 9.84 Å². The zero-order valence-corrected chi connectivity index (χ0v) is 18.8. The van der Waals surface area contributed by atoms with Crippen molar-refractivity contribution in [3.63, 3.8) is 0 Å². The van der Waals surface area contributed by atoms with Crippen molar-refractivity contribution in [2.75, 3.05) is 33.3 Å². The maximum absolute atomic E-state index is 13.6. The fourth-order valence-electron chi connectivity index (χ4n) is 4.42. The number of piperazine rings is 1. The van der Waals surface area contributed by atoms with Crippen molar-refractivity contribution in [1.29, 1.82) is 0 Å². The van der Waals surface area contributed by atoms with E-state index < -0.39 is 0 Å². The van der Waals surface area contributed by atoms with E-state index in [0.29, 0.717) is 37.4 Å². The average Bonchev–Trinajstić information content (AvgIpc) is 3.29. The van der Waals surface area contributed by atoms with Crippen molar-refractivity contribution < 1.29 is 14.3 Å². The third-order valence-corrected chi connectivity index (χ3v) is 6.66. The second kappa shape index (κ2) is 9.10. The van der Waals surface area contributed by atoms with Crippen molar-refractivity contribution in [2.24, 2.45) is 5.92 Å². The number of para-hydroxylation sites is 1. The van der Waals surface area contributed by atoms with E-state index >= 15 is 0 Å². The molecule has 0 N–H and O–H groups in total. The van der Waals surface area contributed by atoms with Crippen LogP contribution in [0.5, 0.6) is 5.75 Å². The zero-order chi connectivity index (χ0) is 22.8. The molecule has 3 aromatic rings. The number of hydrogen-bond donors (Lipinski definition) is 0. The molecule has 0 bridgehead atoms. The first-order valence-corrected chi connectivity index (χ1v) is 11.5. The molecule has 7 heteroatoms. The van der Waals surface area contributed by atoms with Crippen molar-refractivity contribution in [2.45, 2.75) is 19.3 Å². The Bertz CT molecular complexity index is 1130. The Morgan fingerprint density at radius 3 is 2.18 bits per heavy atom. The summed E-state index contributed by atoms with van der Waals surface area (Å²) in [5.41, 5.74) is 2.94. The van der Waals surface area contributed by atoms with Crippen LogP contribution in [0.15, 0.2) is 60.8 Å². The number of aromatic nitrogens is 2. The third-order valence-electron chi connectivity index (χ3n) is 6.66. The number of methoxy groups -OCH3 is 1. The summed E-state index contributed by atoms with van der Waals surface area (Å²) < 4.78 is 7.03. The zero-order valence-electron chi connectivity index (χ0n) is 18.8. The van der Waals surface area contributed by atoms with Crippen LogP contribution in [0, 0.1) is 5.92 Å². The summed E-state index contributed by atoms with van der Waals surface area (Å²) in [6.45, 7) is 2.25. The minimum atomic E-state index is -0.0567. The molecule has 33 heavy (non-hydrogen) atoms. The molecule has 5 rings (SSSR count). The number of rotatable bonds is 5. The molecular formula is C26H28N4O3. The highest BCUT2D eigenvalue weighted by molar-refractivity contribution is 6.00. The highest BCUT2D eigenvalue weighted by Gasteiger charge is 2.33. The summed E-state index contributed by atoms with van der Waals surface area (Å²) in [5, 5.41) is 4.77. The normalized spacial score (nSPS) is 16.4. The molecule has 1 saturated carbocycles. The monoisotopic (exact) mass is 444 g/mol. The van der Waals surface area contributed by atoms with Crippen LogP contribution < -0.4 is 4.74 Å². The molecule has 1 aliphatic heterocycles. The van der Waals surface area contributed by atoms with Gasteiger partial charge in [-0.05, 0) is 49.2 Å². The van der Waals surface area contributed by atoms with Gasteiger partial charge in [0, 0.05) is 43.9 Å². The Labute approximate surface area is 193 Å². The number of nitrogens with zero attached hydrogens (tertiary/aromatic N) is 4. The van der Waals surface area contributed by atoms with Gasteiger partial charge in [-0.15, -0.1) is 0 Å². The van der Waals surface area contributed by atoms with Crippen LogP contribution >= 0.6 is 0 Å². The van der Waals surface area contributed by atoms with Crippen LogP contribution in [0.2, 0.25) is 0 Å². The second-order valence-electron chi connectivity index (χ2n) is 8.65. The van der Waals surface area contributed by atoms with E-state index in [9.17, 15) is 9.59 Å². The Hall–Kier alpha value is -3.61. The molecular weight excluding hydrogens is 416 g/mol. The Morgan fingerprint density at radius 2 is 1.58 bits per heavy atom. The summed E-state index contributed by atoms with van der Waals surface area (Å²) in [5.74, 6) is 1.14. The molecule has 0 atom stereocenters. The van der Waals surface area contributed by atoms with Crippen LogP contribution in [0.4, 0.5) is 0 Å². The van der Waals surface area contributed by atoms with Gasteiger partial charge >= 0.3 is 0 Å². The standard InChI is InChI=1S/C26H28N4O3/c1-33-22-12-10-19(11-13-22)24-23(18-30(27-24)21-8-3-2-4-9-21)26(32)29-16-14-28(15-17-29)25(31)20-6-5-7-20/h2-4,8-13,18,20H,5-7,14-17H2,1H3. The van der Waals surface area contributed by atoms with Gasteiger partial charge in [-0.3, -0.25) is 9.59 Å². The van der Waals surface area contributed by atoms with Crippen LogP contribution in [0.1, 0.15) is 29.6 Å². The second-order valence-corrected chi connectivity index (χ2v) is 8.65. The molecule has 2 amide bonds. The molecule has 2 fully saturated rings. The first-order chi connectivity index (χ1) is 16.1. The summed E-state index contributed by atoms with van der Waals surface area (Å²) in [4.78, 5) is 29.9. The molecule has 0 unspecified atom stereocenters. The molecule has 0 spiro atoms. The predicted molar refractivity (Wildman–Crippen MR) is 125 cm³/mol. The number of ether oxygens (including phenoxy) is 1. The van der Waals surface area contributed by atoms with Crippen LogP contribution in [-0.2, 0) is 4.79 Å². The van der Waals surface area contributed by atoms with E-state index in [1.807, 2.05) is 70.6 Å². The first kappa shape index (κ1) is 21.2. The minimum Gasteiger partial charge on any atom is -0.497 e. The fraction of sp³-hybridized carbons (Fsp3) is 0.346. The lowest BCUT2D eigenvalue weighted by Crippen LogP contribution is -2.52.